The Hall–Kier alpha value is -1.56. The summed E-state index contributed by atoms with van der Waals surface area (Å²) in [7, 11) is 0. The molecule has 0 nitrogen and oxygen atoms in total. The van der Waals surface area contributed by atoms with Gasteiger partial charge in [-0.3, -0.25) is 0 Å². The summed E-state index contributed by atoms with van der Waals surface area (Å²) in [5.74, 6) is 0. The molecule has 1 aromatic carbocycles. The van der Waals surface area contributed by atoms with Crippen molar-refractivity contribution in [2.45, 2.75) is 32.1 Å². The summed E-state index contributed by atoms with van der Waals surface area (Å²) < 4.78 is 0. The third kappa shape index (κ3) is 2.48. The highest BCUT2D eigenvalue weighted by atomic mass is 14.2. The summed E-state index contributed by atoms with van der Waals surface area (Å²) in [4.78, 5) is 0. The molecule has 1 saturated carbocycles. The standard InChI is InChI=1S/C18H18/c1-3-8-15(9-4-1)17-12-7-13-18(14-17)16-10-5-2-6-11-16/h1,3-4,7-8,12-14H,2,5-6,10-11H2. The minimum absolute atomic E-state index is 1.19. The third-order valence-electron chi connectivity index (χ3n) is 3.75. The van der Waals surface area contributed by atoms with Gasteiger partial charge in [0.25, 0.3) is 0 Å². The van der Waals surface area contributed by atoms with Gasteiger partial charge in [-0.2, -0.15) is 0 Å². The van der Waals surface area contributed by atoms with Crippen LogP contribution in [0.1, 0.15) is 37.7 Å². The maximum atomic E-state index is 3.31. The molecule has 0 aromatic heterocycles. The summed E-state index contributed by atoms with van der Waals surface area (Å²) >= 11 is 0. The first-order valence-electron chi connectivity index (χ1n) is 6.86. The maximum absolute atomic E-state index is 3.31. The zero-order chi connectivity index (χ0) is 12.2. The Balaban J connectivity index is 1.84. The predicted octanol–water partition coefficient (Wildman–Crippen LogP) is 4.90. The second kappa shape index (κ2) is 5.39. The first-order valence-corrected chi connectivity index (χ1v) is 6.86. The Bertz CT molecular complexity index is 492. The van der Waals surface area contributed by atoms with Gasteiger partial charge in [0.1, 0.15) is 0 Å². The molecule has 1 aromatic rings. The van der Waals surface area contributed by atoms with E-state index in [0.29, 0.717) is 0 Å². The molecule has 2 radical (unpaired) electrons. The van der Waals surface area contributed by atoms with Gasteiger partial charge in [-0.25, -0.2) is 0 Å². The Morgan fingerprint density at radius 1 is 1.00 bits per heavy atom. The second-order valence-electron chi connectivity index (χ2n) is 5.02. The molecule has 2 aliphatic carbocycles. The number of allylic oxidation sites excluding steroid dienone is 6. The van der Waals surface area contributed by atoms with Crippen molar-refractivity contribution in [2.75, 3.05) is 0 Å². The highest BCUT2D eigenvalue weighted by Gasteiger charge is 2.13. The fourth-order valence-corrected chi connectivity index (χ4v) is 2.75. The van der Waals surface area contributed by atoms with Crippen molar-refractivity contribution in [3.8, 4) is 0 Å². The van der Waals surface area contributed by atoms with Gasteiger partial charge in [-0.1, -0.05) is 54.5 Å². The number of hydrogen-bond donors (Lipinski definition) is 0. The van der Waals surface area contributed by atoms with Crippen molar-refractivity contribution in [1.82, 2.24) is 0 Å². The lowest BCUT2D eigenvalue weighted by Gasteiger charge is -2.20. The largest absolute Gasteiger partial charge is 0.0664 e. The quantitative estimate of drug-likeness (QED) is 0.648. The van der Waals surface area contributed by atoms with Gasteiger partial charge in [0, 0.05) is 6.42 Å². The molecule has 0 spiro atoms. The van der Waals surface area contributed by atoms with Crippen LogP contribution in [0.3, 0.4) is 0 Å². The molecule has 18 heavy (non-hydrogen) atoms. The van der Waals surface area contributed by atoms with Crippen molar-refractivity contribution in [1.29, 1.82) is 0 Å². The molecule has 90 valence electrons. The van der Waals surface area contributed by atoms with Crippen LogP contribution in [-0.2, 0) is 0 Å². The molecule has 0 atom stereocenters. The smallest absolute Gasteiger partial charge is 0.0205 e. The summed E-state index contributed by atoms with van der Waals surface area (Å²) in [5, 5.41) is 0. The summed E-state index contributed by atoms with van der Waals surface area (Å²) in [5.41, 5.74) is 5.55. The predicted molar refractivity (Wildman–Crippen MR) is 76.8 cm³/mol. The lowest BCUT2D eigenvalue weighted by atomic mass is 9.85. The molecule has 0 heterocycles. The number of benzene rings is 1. The van der Waals surface area contributed by atoms with Gasteiger partial charge in [-0.15, -0.1) is 0 Å². The Kier molecular flexibility index (Phi) is 3.45. The monoisotopic (exact) mass is 234 g/mol. The van der Waals surface area contributed by atoms with Gasteiger partial charge in [-0.05, 0) is 48.5 Å². The SMILES string of the molecule is [c]1ccccc1C1=CC=CC(=C2CCCCC2)[CH]1. The van der Waals surface area contributed by atoms with Gasteiger partial charge >= 0.3 is 0 Å². The first-order chi connectivity index (χ1) is 8.93. The van der Waals surface area contributed by atoms with Gasteiger partial charge in [0.15, 0.2) is 0 Å². The second-order valence-corrected chi connectivity index (χ2v) is 5.02. The molecule has 2 aliphatic rings. The highest BCUT2D eigenvalue weighted by molar-refractivity contribution is 5.79. The molecule has 0 heteroatoms. The lowest BCUT2D eigenvalue weighted by Crippen LogP contribution is -2.01. The lowest BCUT2D eigenvalue weighted by molar-refractivity contribution is 0.596. The van der Waals surface area contributed by atoms with Crippen LogP contribution < -0.4 is 0 Å². The van der Waals surface area contributed by atoms with E-state index in [9.17, 15) is 0 Å². The molecule has 0 amide bonds. The van der Waals surface area contributed by atoms with E-state index < -0.39 is 0 Å². The topological polar surface area (TPSA) is 0 Å². The molecular formula is C18H18. The molecule has 1 fully saturated rings. The summed E-state index contributed by atoms with van der Waals surface area (Å²) in [6.45, 7) is 0. The van der Waals surface area contributed by atoms with Gasteiger partial charge in [0.2, 0.25) is 0 Å². The van der Waals surface area contributed by atoms with Crippen molar-refractivity contribution in [3.63, 3.8) is 0 Å². The Morgan fingerprint density at radius 3 is 2.67 bits per heavy atom. The van der Waals surface area contributed by atoms with E-state index in [0.717, 1.165) is 0 Å². The molecule has 0 N–H and O–H groups in total. The average Bonchev–Trinajstić information content (AvgIpc) is 2.49. The van der Waals surface area contributed by atoms with E-state index in [2.05, 4.69) is 42.8 Å². The summed E-state index contributed by atoms with van der Waals surface area (Å²) in [6, 6.07) is 11.5. The van der Waals surface area contributed by atoms with E-state index in [1.807, 2.05) is 12.1 Å². The van der Waals surface area contributed by atoms with Crippen molar-refractivity contribution in [3.05, 3.63) is 71.7 Å². The van der Waals surface area contributed by atoms with Gasteiger partial charge < -0.3 is 0 Å². The van der Waals surface area contributed by atoms with Crippen molar-refractivity contribution < 1.29 is 0 Å². The van der Waals surface area contributed by atoms with E-state index in [1.54, 1.807) is 5.57 Å². The van der Waals surface area contributed by atoms with Crippen LogP contribution in [0.4, 0.5) is 0 Å². The Morgan fingerprint density at radius 2 is 1.89 bits per heavy atom. The van der Waals surface area contributed by atoms with Crippen LogP contribution in [-0.4, -0.2) is 0 Å². The van der Waals surface area contributed by atoms with E-state index >= 15 is 0 Å². The van der Waals surface area contributed by atoms with Crippen LogP contribution in [0.5, 0.6) is 0 Å². The normalized spacial score (nSPS) is 19.9. The molecule has 0 bridgehead atoms. The van der Waals surface area contributed by atoms with Crippen LogP contribution in [0, 0.1) is 12.5 Å². The molecule has 0 unspecified atom stereocenters. The number of hydrogen-bond acceptors (Lipinski definition) is 0. The molecule has 0 aliphatic heterocycles. The minimum Gasteiger partial charge on any atom is -0.0664 e. The van der Waals surface area contributed by atoms with E-state index in [-0.39, 0.29) is 0 Å². The summed E-state index contributed by atoms with van der Waals surface area (Å²) in [6.07, 6.45) is 15.6. The van der Waals surface area contributed by atoms with Crippen LogP contribution in [0.2, 0.25) is 0 Å². The van der Waals surface area contributed by atoms with Crippen molar-refractivity contribution in [2.24, 2.45) is 0 Å². The minimum atomic E-state index is 1.19. The van der Waals surface area contributed by atoms with Crippen LogP contribution in [0.15, 0.2) is 53.6 Å². The highest BCUT2D eigenvalue weighted by Crippen LogP contribution is 2.33. The third-order valence-corrected chi connectivity index (χ3v) is 3.75. The molecule has 0 saturated heterocycles. The van der Waals surface area contributed by atoms with Crippen LogP contribution in [0.25, 0.3) is 5.57 Å². The Labute approximate surface area is 110 Å². The fourth-order valence-electron chi connectivity index (χ4n) is 2.75. The van der Waals surface area contributed by atoms with E-state index in [1.165, 1.54) is 48.8 Å². The van der Waals surface area contributed by atoms with E-state index in [4.69, 9.17) is 0 Å². The van der Waals surface area contributed by atoms with Gasteiger partial charge in [0.05, 0.1) is 0 Å². The zero-order valence-electron chi connectivity index (χ0n) is 10.7. The number of rotatable bonds is 1. The zero-order valence-corrected chi connectivity index (χ0v) is 10.7. The molecular weight excluding hydrogens is 216 g/mol. The maximum Gasteiger partial charge on any atom is 0.0205 e. The first kappa shape index (κ1) is 11.5. The van der Waals surface area contributed by atoms with Crippen LogP contribution >= 0.6 is 0 Å². The average molecular weight is 234 g/mol. The molecule has 3 rings (SSSR count). The van der Waals surface area contributed by atoms with Crippen molar-refractivity contribution >= 4 is 5.57 Å². The fraction of sp³-hybridized carbons (Fsp3) is 0.278.